The van der Waals surface area contributed by atoms with Gasteiger partial charge in [0.2, 0.25) is 11.9 Å². The highest BCUT2D eigenvalue weighted by Crippen LogP contribution is 2.57. The molecule has 1 saturated carbocycles. The third kappa shape index (κ3) is 3.96. The van der Waals surface area contributed by atoms with Crippen LogP contribution in [0, 0.1) is 11.2 Å². The fourth-order valence-corrected chi connectivity index (χ4v) is 5.14. The van der Waals surface area contributed by atoms with E-state index in [0.29, 0.717) is 41.6 Å². The summed E-state index contributed by atoms with van der Waals surface area (Å²) in [5, 5.41) is 10.9. The third-order valence-electron chi connectivity index (χ3n) is 6.82. The fourth-order valence-electron chi connectivity index (χ4n) is 5.14. The van der Waals surface area contributed by atoms with E-state index in [1.165, 1.54) is 6.20 Å². The van der Waals surface area contributed by atoms with Crippen LogP contribution >= 0.6 is 0 Å². The Bertz CT molecular complexity index is 1360. The van der Waals surface area contributed by atoms with Crippen LogP contribution in [-0.2, 0) is 7.05 Å². The Labute approximate surface area is 204 Å². The molecule has 36 heavy (non-hydrogen) atoms. The van der Waals surface area contributed by atoms with Crippen molar-refractivity contribution < 1.29 is 13.2 Å². The molecule has 2 aliphatic heterocycles. The van der Waals surface area contributed by atoms with Crippen molar-refractivity contribution in [3.63, 3.8) is 0 Å². The van der Waals surface area contributed by atoms with Crippen LogP contribution in [0.5, 0.6) is 0 Å². The van der Waals surface area contributed by atoms with Crippen molar-refractivity contribution in [1.82, 2.24) is 30.0 Å². The number of likely N-dealkylation sites (tertiary alicyclic amines) is 1. The van der Waals surface area contributed by atoms with Gasteiger partial charge in [-0.3, -0.25) is 9.89 Å². The normalized spacial score (nSPS) is 21.9. The molecule has 186 valence electrons. The maximum absolute atomic E-state index is 14.3. The highest BCUT2D eigenvalue weighted by molar-refractivity contribution is 6.08. The Balaban J connectivity index is 1.09. The number of nitrogens with two attached hydrogens (primary N) is 1. The van der Waals surface area contributed by atoms with E-state index in [-0.39, 0.29) is 30.4 Å². The quantitative estimate of drug-likeness (QED) is 0.498. The topological polar surface area (TPSA) is 109 Å². The Hall–Kier alpha value is -3.93. The van der Waals surface area contributed by atoms with Crippen LogP contribution in [0.2, 0.25) is 0 Å². The van der Waals surface area contributed by atoms with Crippen LogP contribution in [0.1, 0.15) is 18.7 Å². The molecular weight excluding hydrogens is 471 g/mol. The number of rotatable bonds is 5. The van der Waals surface area contributed by atoms with Crippen molar-refractivity contribution >= 4 is 29.2 Å². The van der Waals surface area contributed by atoms with Crippen molar-refractivity contribution in [2.75, 3.05) is 24.1 Å². The maximum Gasteiger partial charge on any atom is 0.249 e. The van der Waals surface area contributed by atoms with Gasteiger partial charge in [0, 0.05) is 68.3 Å². The second kappa shape index (κ2) is 8.05. The van der Waals surface area contributed by atoms with E-state index in [2.05, 4.69) is 30.7 Å². The van der Waals surface area contributed by atoms with E-state index in [1.807, 2.05) is 17.0 Å². The number of pyridine rings is 1. The van der Waals surface area contributed by atoms with Crippen LogP contribution in [0.4, 0.5) is 30.6 Å². The average molecular weight is 496 g/mol. The zero-order valence-corrected chi connectivity index (χ0v) is 19.4. The molecule has 0 bridgehead atoms. The number of nitrogens with zero attached hydrogens (tertiary/aromatic N) is 6. The van der Waals surface area contributed by atoms with Gasteiger partial charge in [-0.1, -0.05) is 12.1 Å². The van der Waals surface area contributed by atoms with Crippen molar-refractivity contribution in [3.05, 3.63) is 54.4 Å². The van der Waals surface area contributed by atoms with E-state index < -0.39 is 11.7 Å². The van der Waals surface area contributed by atoms with Crippen molar-refractivity contribution in [2.45, 2.75) is 25.1 Å². The molecule has 1 aliphatic carbocycles. The van der Waals surface area contributed by atoms with Crippen LogP contribution in [0.3, 0.4) is 0 Å². The summed E-state index contributed by atoms with van der Waals surface area (Å²) in [5.41, 5.74) is 7.84. The van der Waals surface area contributed by atoms with Crippen LogP contribution in [-0.4, -0.2) is 56.2 Å². The predicted molar refractivity (Wildman–Crippen MR) is 130 cm³/mol. The number of allylic oxidation sites excluding steroid dienone is 1. The lowest BCUT2D eigenvalue weighted by atomic mass is 9.61. The molecule has 2 fully saturated rings. The molecule has 4 N–H and O–H groups in total. The van der Waals surface area contributed by atoms with Gasteiger partial charge in [-0.15, -0.1) is 5.10 Å². The van der Waals surface area contributed by atoms with Gasteiger partial charge in [0.1, 0.15) is 0 Å². The van der Waals surface area contributed by atoms with Gasteiger partial charge in [0.15, 0.2) is 23.7 Å². The van der Waals surface area contributed by atoms with Crippen LogP contribution in [0.25, 0.3) is 16.7 Å². The molecule has 1 aromatic carbocycles. The molecular formula is C24H24F3N9. The smallest absolute Gasteiger partial charge is 0.249 e. The van der Waals surface area contributed by atoms with Crippen molar-refractivity contribution in [2.24, 2.45) is 17.5 Å². The Morgan fingerprint density at radius 3 is 2.56 bits per heavy atom. The number of hydrogen-bond acceptors (Lipinski definition) is 8. The lowest BCUT2D eigenvalue weighted by Gasteiger charge is -2.59. The number of aliphatic imine (C=N–C) groups is 1. The van der Waals surface area contributed by atoms with Crippen LogP contribution in [0.15, 0.2) is 47.7 Å². The van der Waals surface area contributed by atoms with Gasteiger partial charge in [-0.25, -0.2) is 22.8 Å². The monoisotopic (exact) mass is 495 g/mol. The molecule has 3 aliphatic rings. The standard InChI is InChI=1S/C24H24F3N9/c1-35-22(32-16-4-2-14(3-5-16)17-6-7-29-19(28)18(17)25)33-20(34-35)15-8-30-21(31-9-15)36-12-23(13-36)10-24(26,27)11-23/h2-9,21,30H,10-13H2,1H3,(H2,28,29)(H,32,33,34). The summed E-state index contributed by atoms with van der Waals surface area (Å²) in [6.07, 6.45) is 4.63. The average Bonchev–Trinajstić information content (AvgIpc) is 3.18. The minimum absolute atomic E-state index is 0.0281. The highest BCUT2D eigenvalue weighted by Gasteiger charge is 2.62. The van der Waals surface area contributed by atoms with E-state index in [9.17, 15) is 13.2 Å². The van der Waals surface area contributed by atoms with Gasteiger partial charge in [-0.05, 0) is 23.8 Å². The number of hydrogen-bond donors (Lipinski definition) is 3. The lowest BCUT2D eigenvalue weighted by Crippen LogP contribution is -2.69. The molecule has 1 spiro atoms. The molecule has 1 unspecified atom stereocenters. The van der Waals surface area contributed by atoms with E-state index in [1.54, 1.807) is 42.3 Å². The highest BCUT2D eigenvalue weighted by atomic mass is 19.3. The zero-order chi connectivity index (χ0) is 25.1. The summed E-state index contributed by atoms with van der Waals surface area (Å²) in [6, 6.07) is 8.76. The SMILES string of the molecule is Cn1nc(C2=CNC(N3CC4(C3)CC(F)(F)C4)N=C2)nc1Nc1ccc(-c2ccnc(N)c2F)cc1. The summed E-state index contributed by atoms with van der Waals surface area (Å²) < 4.78 is 42.4. The minimum Gasteiger partial charge on any atom is -0.381 e. The molecule has 12 heteroatoms. The largest absolute Gasteiger partial charge is 0.381 e. The second-order valence-electron chi connectivity index (χ2n) is 9.68. The fraction of sp³-hybridized carbons (Fsp3) is 0.333. The number of aromatic nitrogens is 4. The molecule has 2 aromatic heterocycles. The summed E-state index contributed by atoms with van der Waals surface area (Å²) >= 11 is 0. The van der Waals surface area contributed by atoms with E-state index in [4.69, 9.17) is 5.73 Å². The van der Waals surface area contributed by atoms with Gasteiger partial charge in [-0.2, -0.15) is 4.98 Å². The Morgan fingerprint density at radius 2 is 1.89 bits per heavy atom. The zero-order valence-electron chi connectivity index (χ0n) is 19.4. The molecule has 6 rings (SSSR count). The predicted octanol–water partition coefficient (Wildman–Crippen LogP) is 3.37. The molecule has 0 radical (unpaired) electrons. The lowest BCUT2D eigenvalue weighted by molar-refractivity contribution is -0.220. The maximum atomic E-state index is 14.3. The summed E-state index contributed by atoms with van der Waals surface area (Å²) in [7, 11) is 1.77. The van der Waals surface area contributed by atoms with Gasteiger partial charge >= 0.3 is 0 Å². The van der Waals surface area contributed by atoms with Crippen molar-refractivity contribution in [1.29, 1.82) is 0 Å². The number of nitrogens with one attached hydrogen (secondary N) is 2. The number of benzene rings is 1. The third-order valence-corrected chi connectivity index (χ3v) is 6.82. The molecule has 9 nitrogen and oxygen atoms in total. The Kier molecular flexibility index (Phi) is 5.04. The Morgan fingerprint density at radius 1 is 1.14 bits per heavy atom. The molecule has 3 aromatic rings. The van der Waals surface area contributed by atoms with E-state index in [0.717, 1.165) is 5.69 Å². The molecule has 4 heterocycles. The van der Waals surface area contributed by atoms with Gasteiger partial charge < -0.3 is 16.4 Å². The first-order valence-corrected chi connectivity index (χ1v) is 11.5. The molecule has 0 amide bonds. The number of alkyl halides is 2. The summed E-state index contributed by atoms with van der Waals surface area (Å²) in [6.45, 7) is 1.24. The summed E-state index contributed by atoms with van der Waals surface area (Å²) in [4.78, 5) is 14.9. The van der Waals surface area contributed by atoms with E-state index >= 15 is 0 Å². The first-order chi connectivity index (χ1) is 17.2. The first-order valence-electron chi connectivity index (χ1n) is 11.5. The first kappa shape index (κ1) is 22.5. The van der Waals surface area contributed by atoms with Gasteiger partial charge in [0.25, 0.3) is 0 Å². The molecule has 1 saturated heterocycles. The number of nitrogen functional groups attached to an aromatic ring is 1. The summed E-state index contributed by atoms with van der Waals surface area (Å²) in [5.74, 6) is -2.19. The van der Waals surface area contributed by atoms with Crippen LogP contribution < -0.4 is 16.4 Å². The van der Waals surface area contributed by atoms with Crippen molar-refractivity contribution in [3.8, 4) is 11.1 Å². The number of aryl methyl sites for hydroxylation is 1. The van der Waals surface area contributed by atoms with Gasteiger partial charge in [0.05, 0.1) is 5.57 Å². The second-order valence-corrected chi connectivity index (χ2v) is 9.68. The minimum atomic E-state index is -2.51. The molecule has 1 atom stereocenters. The number of halogens is 3. The number of anilines is 3.